The zero-order chi connectivity index (χ0) is 24.1. The number of benzene rings is 3. The van der Waals surface area contributed by atoms with E-state index in [1.807, 2.05) is 60.3 Å². The van der Waals surface area contributed by atoms with Crippen molar-refractivity contribution < 1.29 is 23.7 Å². The van der Waals surface area contributed by atoms with E-state index in [4.69, 9.17) is 28.8 Å². The van der Waals surface area contributed by atoms with Crippen LogP contribution in [0.4, 0.5) is 0 Å². The third-order valence-corrected chi connectivity index (χ3v) is 5.55. The predicted octanol–water partition coefficient (Wildman–Crippen LogP) is 5.42. The standard InChI is InChI=1S/C27H28N2O5/c1-29-23-15-19(20-9-13-25(34-17-30-2)27(16-20)33-5)8-10-21(23)22(28-29)11-6-18-7-12-24(31-3)26(14-18)32-4/h6-16H,17H2,1-5H3. The number of methoxy groups -OCH3 is 4. The topological polar surface area (TPSA) is 64.0 Å². The van der Waals surface area contributed by atoms with Crippen LogP contribution >= 0.6 is 0 Å². The van der Waals surface area contributed by atoms with E-state index >= 15 is 0 Å². The summed E-state index contributed by atoms with van der Waals surface area (Å²) in [5.74, 6) is 2.68. The number of nitrogens with zero attached hydrogens (tertiary/aromatic N) is 2. The van der Waals surface area contributed by atoms with Crippen LogP contribution in [0.25, 0.3) is 34.2 Å². The Balaban J connectivity index is 1.64. The van der Waals surface area contributed by atoms with Crippen molar-refractivity contribution in [3.05, 3.63) is 65.9 Å². The Morgan fingerprint density at radius 3 is 2.15 bits per heavy atom. The zero-order valence-corrected chi connectivity index (χ0v) is 20.0. The van der Waals surface area contributed by atoms with Gasteiger partial charge in [-0.05, 0) is 59.2 Å². The highest BCUT2D eigenvalue weighted by molar-refractivity contribution is 5.92. The van der Waals surface area contributed by atoms with Gasteiger partial charge in [0.1, 0.15) is 0 Å². The van der Waals surface area contributed by atoms with Crippen LogP contribution in [0, 0.1) is 0 Å². The summed E-state index contributed by atoms with van der Waals surface area (Å²) in [5, 5.41) is 5.78. The van der Waals surface area contributed by atoms with Gasteiger partial charge in [-0.15, -0.1) is 0 Å². The maximum absolute atomic E-state index is 5.57. The molecule has 0 fully saturated rings. The molecule has 0 unspecified atom stereocenters. The van der Waals surface area contributed by atoms with Crippen LogP contribution in [0.15, 0.2) is 54.6 Å². The predicted molar refractivity (Wildman–Crippen MR) is 134 cm³/mol. The van der Waals surface area contributed by atoms with Gasteiger partial charge in [-0.25, -0.2) is 0 Å². The fraction of sp³-hybridized carbons (Fsp3) is 0.222. The molecule has 0 N–H and O–H groups in total. The lowest BCUT2D eigenvalue weighted by atomic mass is 10.0. The van der Waals surface area contributed by atoms with Gasteiger partial charge in [-0.2, -0.15) is 5.10 Å². The number of hydrogen-bond acceptors (Lipinski definition) is 6. The highest BCUT2D eigenvalue weighted by Gasteiger charge is 2.11. The molecule has 34 heavy (non-hydrogen) atoms. The number of hydrogen-bond donors (Lipinski definition) is 0. The summed E-state index contributed by atoms with van der Waals surface area (Å²) in [4.78, 5) is 0. The maximum Gasteiger partial charge on any atom is 0.188 e. The number of aromatic nitrogens is 2. The molecule has 0 amide bonds. The van der Waals surface area contributed by atoms with Crippen LogP contribution in [0.1, 0.15) is 11.3 Å². The van der Waals surface area contributed by atoms with E-state index in [0.717, 1.165) is 33.3 Å². The Labute approximate surface area is 199 Å². The maximum atomic E-state index is 5.57. The monoisotopic (exact) mass is 460 g/mol. The van der Waals surface area contributed by atoms with E-state index in [1.54, 1.807) is 28.4 Å². The van der Waals surface area contributed by atoms with E-state index in [-0.39, 0.29) is 6.79 Å². The fourth-order valence-corrected chi connectivity index (χ4v) is 3.81. The second kappa shape index (κ2) is 10.3. The number of rotatable bonds is 9. The van der Waals surface area contributed by atoms with Crippen LogP contribution in [-0.2, 0) is 11.8 Å². The van der Waals surface area contributed by atoms with Gasteiger partial charge in [0.15, 0.2) is 29.8 Å². The van der Waals surface area contributed by atoms with Gasteiger partial charge in [0.05, 0.1) is 32.5 Å². The van der Waals surface area contributed by atoms with Crippen LogP contribution in [-0.4, -0.2) is 45.0 Å². The largest absolute Gasteiger partial charge is 0.493 e. The average Bonchev–Trinajstić information content (AvgIpc) is 3.20. The summed E-state index contributed by atoms with van der Waals surface area (Å²) in [7, 11) is 8.41. The van der Waals surface area contributed by atoms with Crippen molar-refractivity contribution in [1.29, 1.82) is 0 Å². The molecule has 1 aromatic heterocycles. The molecule has 0 spiro atoms. The first kappa shape index (κ1) is 23.2. The molecule has 0 aliphatic rings. The summed E-state index contributed by atoms with van der Waals surface area (Å²) >= 11 is 0. The molecule has 4 aromatic rings. The molecule has 3 aromatic carbocycles. The van der Waals surface area contributed by atoms with Crippen molar-refractivity contribution in [2.45, 2.75) is 0 Å². The summed E-state index contributed by atoms with van der Waals surface area (Å²) in [6.07, 6.45) is 4.02. The Hall–Kier alpha value is -3.97. The minimum Gasteiger partial charge on any atom is -0.493 e. The molecule has 7 heteroatoms. The van der Waals surface area contributed by atoms with Crippen molar-refractivity contribution in [3.8, 4) is 34.1 Å². The second-order valence-corrected chi connectivity index (χ2v) is 7.61. The number of fused-ring (bicyclic) bond motifs is 1. The Bertz CT molecular complexity index is 1330. The van der Waals surface area contributed by atoms with Gasteiger partial charge in [-0.3, -0.25) is 4.68 Å². The minimum atomic E-state index is 0.163. The van der Waals surface area contributed by atoms with Crippen molar-refractivity contribution in [3.63, 3.8) is 0 Å². The summed E-state index contributed by atoms with van der Waals surface area (Å²) in [6.45, 7) is 0.163. The Kier molecular flexibility index (Phi) is 7.04. The highest BCUT2D eigenvalue weighted by atomic mass is 16.7. The van der Waals surface area contributed by atoms with Crippen LogP contribution < -0.4 is 18.9 Å². The van der Waals surface area contributed by atoms with Crippen molar-refractivity contribution in [2.75, 3.05) is 35.2 Å². The zero-order valence-electron chi connectivity index (χ0n) is 20.0. The third-order valence-electron chi connectivity index (χ3n) is 5.55. The molecule has 176 valence electrons. The van der Waals surface area contributed by atoms with Crippen LogP contribution in [0.3, 0.4) is 0 Å². The quantitative estimate of drug-likeness (QED) is 0.311. The molecule has 0 saturated heterocycles. The summed E-state index contributed by atoms with van der Waals surface area (Å²) < 4.78 is 28.7. The molecule has 0 radical (unpaired) electrons. The fourth-order valence-electron chi connectivity index (χ4n) is 3.81. The average molecular weight is 461 g/mol. The second-order valence-electron chi connectivity index (χ2n) is 7.61. The third kappa shape index (κ3) is 4.70. The van der Waals surface area contributed by atoms with E-state index < -0.39 is 0 Å². The normalized spacial score (nSPS) is 11.2. The molecule has 4 rings (SSSR count). The van der Waals surface area contributed by atoms with E-state index in [0.29, 0.717) is 23.0 Å². The molecule has 1 heterocycles. The summed E-state index contributed by atoms with van der Waals surface area (Å²) in [6, 6.07) is 18.0. The first-order valence-electron chi connectivity index (χ1n) is 10.7. The minimum absolute atomic E-state index is 0.163. The lowest BCUT2D eigenvalue weighted by Gasteiger charge is -2.12. The first-order chi connectivity index (χ1) is 16.6. The molecule has 0 atom stereocenters. The molecular weight excluding hydrogens is 432 g/mol. The molecule has 0 aliphatic heterocycles. The van der Waals surface area contributed by atoms with E-state index in [9.17, 15) is 0 Å². The van der Waals surface area contributed by atoms with Gasteiger partial charge in [0, 0.05) is 19.5 Å². The van der Waals surface area contributed by atoms with Crippen LogP contribution in [0.2, 0.25) is 0 Å². The number of aryl methyl sites for hydroxylation is 1. The van der Waals surface area contributed by atoms with Gasteiger partial charge in [0.25, 0.3) is 0 Å². The van der Waals surface area contributed by atoms with Crippen LogP contribution in [0.5, 0.6) is 23.0 Å². The lowest BCUT2D eigenvalue weighted by Crippen LogP contribution is -2.00. The van der Waals surface area contributed by atoms with Gasteiger partial charge < -0.3 is 23.7 Å². The van der Waals surface area contributed by atoms with Gasteiger partial charge >= 0.3 is 0 Å². The first-order valence-corrected chi connectivity index (χ1v) is 10.7. The molecular formula is C27H28N2O5. The smallest absolute Gasteiger partial charge is 0.188 e. The van der Waals surface area contributed by atoms with Crippen molar-refractivity contribution in [1.82, 2.24) is 9.78 Å². The van der Waals surface area contributed by atoms with Gasteiger partial charge in [-0.1, -0.05) is 24.3 Å². The summed E-state index contributed by atoms with van der Waals surface area (Å²) in [5.41, 5.74) is 4.99. The highest BCUT2D eigenvalue weighted by Crippen LogP contribution is 2.34. The van der Waals surface area contributed by atoms with Gasteiger partial charge in [0.2, 0.25) is 0 Å². The van der Waals surface area contributed by atoms with E-state index in [1.165, 1.54) is 0 Å². The Morgan fingerprint density at radius 2 is 1.41 bits per heavy atom. The molecule has 0 bridgehead atoms. The lowest BCUT2D eigenvalue weighted by molar-refractivity contribution is 0.0492. The molecule has 0 saturated carbocycles. The number of ether oxygens (including phenoxy) is 5. The molecule has 0 aliphatic carbocycles. The van der Waals surface area contributed by atoms with Crippen molar-refractivity contribution in [2.24, 2.45) is 7.05 Å². The SMILES string of the molecule is COCOc1ccc(-c2ccc3c(C=Cc4ccc(OC)c(OC)c4)nn(C)c3c2)cc1OC. The molecule has 7 nitrogen and oxygen atoms in total. The van der Waals surface area contributed by atoms with Crippen molar-refractivity contribution >= 4 is 23.1 Å². The Morgan fingerprint density at radius 1 is 0.735 bits per heavy atom. The van der Waals surface area contributed by atoms with E-state index in [2.05, 4.69) is 18.2 Å².